The molecule has 1 unspecified atom stereocenters. The van der Waals surface area contributed by atoms with Crippen molar-refractivity contribution in [3.05, 3.63) is 36.2 Å². The summed E-state index contributed by atoms with van der Waals surface area (Å²) in [5.74, 6) is 0. The van der Waals surface area contributed by atoms with Crippen LogP contribution >= 0.6 is 0 Å². The molecule has 26 heavy (non-hydrogen) atoms. The van der Waals surface area contributed by atoms with Gasteiger partial charge >= 0.3 is 6.03 Å². The molecule has 2 fully saturated rings. The average molecular weight is 351 g/mol. The van der Waals surface area contributed by atoms with E-state index in [0.29, 0.717) is 12.1 Å². The van der Waals surface area contributed by atoms with E-state index in [-0.39, 0.29) is 6.03 Å². The molecular formula is C20H25N5O. The Morgan fingerprint density at radius 1 is 1.08 bits per heavy atom. The van der Waals surface area contributed by atoms with Crippen LogP contribution in [0.2, 0.25) is 0 Å². The van der Waals surface area contributed by atoms with E-state index in [0.717, 1.165) is 39.1 Å². The molecule has 2 aromatic rings. The molecule has 0 aliphatic carbocycles. The fraction of sp³-hybridized carbons (Fsp3) is 0.500. The largest absolute Gasteiger partial charge is 0.366 e. The summed E-state index contributed by atoms with van der Waals surface area (Å²) in [6.45, 7) is 4.76. The lowest BCUT2D eigenvalue weighted by Gasteiger charge is -2.45. The van der Waals surface area contributed by atoms with Crippen LogP contribution in [0.1, 0.15) is 18.4 Å². The summed E-state index contributed by atoms with van der Waals surface area (Å²) in [6.07, 6.45) is 7.53. The van der Waals surface area contributed by atoms with Gasteiger partial charge in [-0.25, -0.2) is 4.79 Å². The molecule has 3 aliphatic rings. The number of piperidine rings is 1. The summed E-state index contributed by atoms with van der Waals surface area (Å²) in [5, 5.41) is 8.51. The Morgan fingerprint density at radius 3 is 2.85 bits per heavy atom. The number of anilines is 1. The third kappa shape index (κ3) is 2.69. The number of urea groups is 1. The van der Waals surface area contributed by atoms with Gasteiger partial charge in [-0.2, -0.15) is 0 Å². The van der Waals surface area contributed by atoms with Crippen LogP contribution in [0.4, 0.5) is 10.5 Å². The third-order valence-corrected chi connectivity index (χ3v) is 6.15. The van der Waals surface area contributed by atoms with Crippen LogP contribution in [0.15, 0.2) is 30.6 Å². The molecule has 6 heteroatoms. The van der Waals surface area contributed by atoms with E-state index in [1.165, 1.54) is 34.9 Å². The molecule has 1 atom stereocenters. The number of carbonyl (C=O) groups is 1. The molecule has 2 amide bonds. The Balaban J connectivity index is 1.40. The third-order valence-electron chi connectivity index (χ3n) is 6.15. The van der Waals surface area contributed by atoms with Crippen molar-refractivity contribution in [2.24, 2.45) is 0 Å². The lowest BCUT2D eigenvalue weighted by atomic mass is 9.94. The first kappa shape index (κ1) is 15.9. The standard InChI is InChI=1S/C20H25N5O/c26-20-22-11-17(12-23-20)24-7-2-4-16(13-24)25-8-6-15-10-21-9-14-3-1-5-18(25)19(14)15/h1,3,5,9-10,16-17H,2,4,6-8,11-13H2,(H2,22,23,26). The van der Waals surface area contributed by atoms with E-state index >= 15 is 0 Å². The van der Waals surface area contributed by atoms with E-state index in [4.69, 9.17) is 0 Å². The maximum absolute atomic E-state index is 11.4. The monoisotopic (exact) mass is 351 g/mol. The van der Waals surface area contributed by atoms with Crippen molar-refractivity contribution in [1.29, 1.82) is 0 Å². The minimum Gasteiger partial charge on any atom is -0.366 e. The first-order valence-electron chi connectivity index (χ1n) is 9.67. The molecule has 0 saturated carbocycles. The van der Waals surface area contributed by atoms with Gasteiger partial charge in [0.2, 0.25) is 0 Å². The fourth-order valence-electron chi connectivity index (χ4n) is 4.84. The number of hydrogen-bond acceptors (Lipinski definition) is 4. The summed E-state index contributed by atoms with van der Waals surface area (Å²) < 4.78 is 0. The van der Waals surface area contributed by atoms with Gasteiger partial charge in [0.15, 0.2) is 0 Å². The number of nitrogens with zero attached hydrogens (tertiary/aromatic N) is 3. The highest BCUT2D eigenvalue weighted by atomic mass is 16.2. The van der Waals surface area contributed by atoms with Gasteiger partial charge in [-0.15, -0.1) is 0 Å². The van der Waals surface area contributed by atoms with Gasteiger partial charge in [0.05, 0.1) is 0 Å². The van der Waals surface area contributed by atoms with Gasteiger partial charge in [0.1, 0.15) is 0 Å². The van der Waals surface area contributed by atoms with Crippen molar-refractivity contribution >= 4 is 22.5 Å². The zero-order valence-electron chi connectivity index (χ0n) is 14.9. The van der Waals surface area contributed by atoms with Crippen molar-refractivity contribution in [3.63, 3.8) is 0 Å². The molecule has 6 nitrogen and oxygen atoms in total. The molecular weight excluding hydrogens is 326 g/mol. The molecule has 0 bridgehead atoms. The number of likely N-dealkylation sites (tertiary alicyclic amines) is 1. The molecule has 3 aliphatic heterocycles. The van der Waals surface area contributed by atoms with Gasteiger partial charge in [-0.1, -0.05) is 12.1 Å². The van der Waals surface area contributed by atoms with Crippen LogP contribution in [0.5, 0.6) is 0 Å². The summed E-state index contributed by atoms with van der Waals surface area (Å²) in [5.41, 5.74) is 2.74. The quantitative estimate of drug-likeness (QED) is 0.865. The van der Waals surface area contributed by atoms with E-state index in [1.807, 2.05) is 12.4 Å². The Morgan fingerprint density at radius 2 is 1.96 bits per heavy atom. The van der Waals surface area contributed by atoms with Crippen molar-refractivity contribution < 1.29 is 4.79 Å². The van der Waals surface area contributed by atoms with Crippen molar-refractivity contribution in [2.45, 2.75) is 31.3 Å². The molecule has 1 aromatic heterocycles. The maximum atomic E-state index is 11.4. The van der Waals surface area contributed by atoms with E-state index < -0.39 is 0 Å². The normalized spacial score (nSPS) is 24.4. The van der Waals surface area contributed by atoms with E-state index in [9.17, 15) is 4.79 Å². The summed E-state index contributed by atoms with van der Waals surface area (Å²) in [7, 11) is 0. The Labute approximate surface area is 153 Å². The number of amides is 2. The molecule has 2 saturated heterocycles. The molecule has 4 heterocycles. The zero-order valence-corrected chi connectivity index (χ0v) is 14.9. The van der Waals surface area contributed by atoms with Crippen LogP contribution in [-0.2, 0) is 6.42 Å². The first-order valence-corrected chi connectivity index (χ1v) is 9.67. The topological polar surface area (TPSA) is 60.5 Å². The highest BCUT2D eigenvalue weighted by Crippen LogP contribution is 2.36. The number of nitrogens with one attached hydrogen (secondary N) is 2. The van der Waals surface area contributed by atoms with Crippen LogP contribution in [0.25, 0.3) is 10.8 Å². The van der Waals surface area contributed by atoms with Gasteiger partial charge in [-0.05, 0) is 37.4 Å². The van der Waals surface area contributed by atoms with Crippen LogP contribution in [0.3, 0.4) is 0 Å². The van der Waals surface area contributed by atoms with Gasteiger partial charge in [0.25, 0.3) is 0 Å². The zero-order chi connectivity index (χ0) is 17.5. The number of pyridine rings is 1. The highest BCUT2D eigenvalue weighted by Gasteiger charge is 2.33. The minimum atomic E-state index is -0.0391. The average Bonchev–Trinajstić information content (AvgIpc) is 2.69. The smallest absolute Gasteiger partial charge is 0.314 e. The van der Waals surface area contributed by atoms with Gasteiger partial charge < -0.3 is 15.5 Å². The number of benzene rings is 1. The molecule has 2 N–H and O–H groups in total. The molecule has 136 valence electrons. The number of rotatable bonds is 2. The Bertz CT molecular complexity index is 823. The van der Waals surface area contributed by atoms with E-state index in [1.54, 1.807) is 0 Å². The summed E-state index contributed by atoms with van der Waals surface area (Å²) in [4.78, 5) is 21.0. The minimum absolute atomic E-state index is 0.0391. The lowest BCUT2D eigenvalue weighted by Crippen LogP contribution is -2.61. The molecule has 0 radical (unpaired) electrons. The molecule has 0 spiro atoms. The van der Waals surface area contributed by atoms with Crippen LogP contribution in [-0.4, -0.2) is 60.7 Å². The van der Waals surface area contributed by atoms with E-state index in [2.05, 4.69) is 43.6 Å². The fourth-order valence-corrected chi connectivity index (χ4v) is 4.84. The maximum Gasteiger partial charge on any atom is 0.314 e. The lowest BCUT2D eigenvalue weighted by molar-refractivity contribution is 0.133. The summed E-state index contributed by atoms with van der Waals surface area (Å²) in [6, 6.07) is 7.49. The van der Waals surface area contributed by atoms with Crippen molar-refractivity contribution in [3.8, 4) is 0 Å². The van der Waals surface area contributed by atoms with Gasteiger partial charge in [-0.3, -0.25) is 9.88 Å². The second-order valence-corrected chi connectivity index (χ2v) is 7.65. The van der Waals surface area contributed by atoms with Crippen LogP contribution < -0.4 is 15.5 Å². The predicted octanol–water partition coefficient (Wildman–Crippen LogP) is 1.74. The van der Waals surface area contributed by atoms with Crippen LogP contribution in [0, 0.1) is 0 Å². The van der Waals surface area contributed by atoms with Crippen molar-refractivity contribution in [1.82, 2.24) is 20.5 Å². The highest BCUT2D eigenvalue weighted by molar-refractivity contribution is 5.97. The number of carbonyl (C=O) groups excluding carboxylic acids is 1. The predicted molar refractivity (Wildman–Crippen MR) is 103 cm³/mol. The molecule has 5 rings (SSSR count). The summed E-state index contributed by atoms with van der Waals surface area (Å²) >= 11 is 0. The van der Waals surface area contributed by atoms with Gasteiger partial charge in [0, 0.05) is 67.1 Å². The second kappa shape index (κ2) is 6.43. The Hall–Kier alpha value is -2.34. The number of aromatic nitrogens is 1. The number of hydrogen-bond donors (Lipinski definition) is 2. The SMILES string of the molecule is O=C1NCC(N2CCCC(N3CCc4cncc5cccc3c45)C2)CN1. The Kier molecular flexibility index (Phi) is 3.93. The second-order valence-electron chi connectivity index (χ2n) is 7.65. The van der Waals surface area contributed by atoms with Crippen molar-refractivity contribution in [2.75, 3.05) is 37.6 Å². The molecule has 1 aromatic carbocycles. The first-order chi connectivity index (χ1) is 12.8.